The molecule has 27 heavy (non-hydrogen) atoms. The summed E-state index contributed by atoms with van der Waals surface area (Å²) in [7, 11) is 3.86. The molecule has 8 heteroatoms. The Labute approximate surface area is 165 Å². The maximum atomic E-state index is 13.0. The van der Waals surface area contributed by atoms with Crippen molar-refractivity contribution < 1.29 is 18.0 Å². The largest absolute Gasteiger partial charge is 0.416 e. The molecule has 2 rings (SSSR count). The Balaban J connectivity index is 0.00000364. The summed E-state index contributed by atoms with van der Waals surface area (Å²) < 4.78 is 38.2. The van der Waals surface area contributed by atoms with Crippen LogP contribution in [0.4, 0.5) is 13.2 Å². The third-order valence-electron chi connectivity index (χ3n) is 4.85. The Morgan fingerprint density at radius 1 is 1.15 bits per heavy atom. The summed E-state index contributed by atoms with van der Waals surface area (Å²) in [5, 5.41) is 0. The fourth-order valence-electron chi connectivity index (χ4n) is 3.32. The quantitative estimate of drug-likeness (QED) is 0.784. The maximum absolute atomic E-state index is 13.0. The van der Waals surface area contributed by atoms with Crippen LogP contribution in [-0.4, -0.2) is 48.9 Å². The molecule has 0 radical (unpaired) electrons. The normalized spacial score (nSPS) is 20.3. The molecule has 1 aromatic carbocycles. The van der Waals surface area contributed by atoms with Crippen molar-refractivity contribution >= 4 is 18.3 Å². The van der Waals surface area contributed by atoms with E-state index in [-0.39, 0.29) is 30.3 Å². The van der Waals surface area contributed by atoms with E-state index in [0.717, 1.165) is 31.4 Å². The second kappa shape index (κ2) is 10.3. The molecule has 154 valence electrons. The summed E-state index contributed by atoms with van der Waals surface area (Å²) >= 11 is 0. The summed E-state index contributed by atoms with van der Waals surface area (Å²) in [6.45, 7) is 1.56. The molecule has 1 saturated carbocycles. The Morgan fingerprint density at radius 3 is 2.30 bits per heavy atom. The van der Waals surface area contributed by atoms with Crippen LogP contribution in [0.25, 0.3) is 0 Å². The highest BCUT2D eigenvalue weighted by molar-refractivity contribution is 5.85. The van der Waals surface area contributed by atoms with Crippen LogP contribution in [0.15, 0.2) is 24.3 Å². The standard InChI is InChI=1S/C19H28F3N3O.ClH/c1-24(2)10-11-25(18(26)15-4-3-5-17(23)12-15)13-14-6-8-16(9-7-14)19(20,21)22;/h6-9,15,17H,3-5,10-13,23H2,1-2H3;1H. The first kappa shape index (κ1) is 23.7. The van der Waals surface area contributed by atoms with Crippen LogP contribution in [0.2, 0.25) is 0 Å². The van der Waals surface area contributed by atoms with E-state index in [9.17, 15) is 18.0 Å². The molecule has 4 nitrogen and oxygen atoms in total. The number of rotatable bonds is 6. The number of nitrogens with two attached hydrogens (primary N) is 1. The van der Waals surface area contributed by atoms with Crippen LogP contribution >= 0.6 is 12.4 Å². The molecule has 1 amide bonds. The van der Waals surface area contributed by atoms with Crippen LogP contribution in [0.3, 0.4) is 0 Å². The average Bonchev–Trinajstić information content (AvgIpc) is 2.57. The number of benzene rings is 1. The van der Waals surface area contributed by atoms with Crippen LogP contribution in [-0.2, 0) is 17.5 Å². The van der Waals surface area contributed by atoms with Crippen LogP contribution in [0.5, 0.6) is 0 Å². The fourth-order valence-corrected chi connectivity index (χ4v) is 3.32. The summed E-state index contributed by atoms with van der Waals surface area (Å²) in [5.41, 5.74) is 6.03. The number of nitrogens with zero attached hydrogens (tertiary/aromatic N) is 2. The first-order chi connectivity index (χ1) is 12.2. The van der Waals surface area contributed by atoms with E-state index in [0.29, 0.717) is 31.6 Å². The van der Waals surface area contributed by atoms with E-state index >= 15 is 0 Å². The minimum absolute atomic E-state index is 0. The predicted molar refractivity (Wildman–Crippen MR) is 103 cm³/mol. The zero-order valence-corrected chi connectivity index (χ0v) is 16.7. The Morgan fingerprint density at radius 2 is 1.78 bits per heavy atom. The van der Waals surface area contributed by atoms with E-state index in [1.807, 2.05) is 19.0 Å². The van der Waals surface area contributed by atoms with Gasteiger partial charge in [-0.15, -0.1) is 12.4 Å². The summed E-state index contributed by atoms with van der Waals surface area (Å²) in [5.74, 6) is -0.0303. The second-order valence-corrected chi connectivity index (χ2v) is 7.38. The maximum Gasteiger partial charge on any atom is 0.416 e. The van der Waals surface area contributed by atoms with Crippen LogP contribution in [0, 0.1) is 5.92 Å². The van der Waals surface area contributed by atoms with Crippen LogP contribution < -0.4 is 5.73 Å². The summed E-state index contributed by atoms with van der Waals surface area (Å²) in [6, 6.07) is 5.09. The van der Waals surface area contributed by atoms with Gasteiger partial charge in [0.2, 0.25) is 5.91 Å². The molecule has 1 fully saturated rings. The third-order valence-corrected chi connectivity index (χ3v) is 4.85. The summed E-state index contributed by atoms with van der Waals surface area (Å²) in [6.07, 6.45) is -0.945. The number of likely N-dealkylation sites (N-methyl/N-ethyl adjacent to an activating group) is 1. The van der Waals surface area contributed by atoms with Gasteiger partial charge in [0, 0.05) is 31.6 Å². The van der Waals surface area contributed by atoms with Gasteiger partial charge in [-0.05, 0) is 51.1 Å². The first-order valence-electron chi connectivity index (χ1n) is 9.02. The topological polar surface area (TPSA) is 49.6 Å². The molecule has 0 saturated heterocycles. The van der Waals surface area contributed by atoms with E-state index in [4.69, 9.17) is 5.73 Å². The second-order valence-electron chi connectivity index (χ2n) is 7.38. The van der Waals surface area contributed by atoms with Crippen molar-refractivity contribution in [3.8, 4) is 0 Å². The lowest BCUT2D eigenvalue weighted by Crippen LogP contribution is -2.42. The smallest absolute Gasteiger partial charge is 0.337 e. The van der Waals surface area contributed by atoms with Gasteiger partial charge in [-0.3, -0.25) is 4.79 Å². The van der Waals surface area contributed by atoms with Crippen molar-refractivity contribution in [2.24, 2.45) is 11.7 Å². The summed E-state index contributed by atoms with van der Waals surface area (Å²) in [4.78, 5) is 16.7. The van der Waals surface area contributed by atoms with Crippen molar-refractivity contribution in [2.45, 2.75) is 44.4 Å². The Hall–Kier alpha value is -1.31. The van der Waals surface area contributed by atoms with E-state index in [1.165, 1.54) is 12.1 Å². The average molecular weight is 408 g/mol. The minimum Gasteiger partial charge on any atom is -0.337 e. The lowest BCUT2D eigenvalue weighted by Gasteiger charge is -2.32. The number of amides is 1. The van der Waals surface area contributed by atoms with E-state index < -0.39 is 11.7 Å². The Bertz CT molecular complexity index is 593. The first-order valence-corrected chi connectivity index (χ1v) is 9.02. The molecule has 1 aliphatic carbocycles. The molecule has 1 aliphatic rings. The molecule has 0 spiro atoms. The molecule has 2 unspecified atom stereocenters. The van der Waals surface area contributed by atoms with Crippen molar-refractivity contribution in [3.63, 3.8) is 0 Å². The highest BCUT2D eigenvalue weighted by atomic mass is 35.5. The van der Waals surface area contributed by atoms with Gasteiger partial charge in [0.05, 0.1) is 5.56 Å². The molecule has 2 atom stereocenters. The van der Waals surface area contributed by atoms with Crippen molar-refractivity contribution in [1.82, 2.24) is 9.80 Å². The molecule has 1 aromatic rings. The van der Waals surface area contributed by atoms with Crippen molar-refractivity contribution in [2.75, 3.05) is 27.2 Å². The number of alkyl halides is 3. The number of hydrogen-bond donors (Lipinski definition) is 1. The van der Waals surface area contributed by atoms with Gasteiger partial charge in [-0.2, -0.15) is 13.2 Å². The monoisotopic (exact) mass is 407 g/mol. The van der Waals surface area contributed by atoms with E-state index in [1.54, 1.807) is 4.90 Å². The number of halogens is 4. The number of hydrogen-bond acceptors (Lipinski definition) is 3. The number of carbonyl (C=O) groups excluding carboxylic acids is 1. The highest BCUT2D eigenvalue weighted by Gasteiger charge is 2.31. The molecular formula is C19H29ClF3N3O. The minimum atomic E-state index is -4.35. The SMILES string of the molecule is CN(C)CCN(Cc1ccc(C(F)(F)F)cc1)C(=O)C1CCCC(N)C1.Cl. The van der Waals surface area contributed by atoms with Gasteiger partial charge >= 0.3 is 6.18 Å². The molecule has 0 bridgehead atoms. The number of carbonyl (C=O) groups is 1. The predicted octanol–water partition coefficient (Wildman–Crippen LogP) is 3.53. The highest BCUT2D eigenvalue weighted by Crippen LogP contribution is 2.30. The third kappa shape index (κ3) is 7.31. The lowest BCUT2D eigenvalue weighted by atomic mass is 9.85. The van der Waals surface area contributed by atoms with Crippen molar-refractivity contribution in [3.05, 3.63) is 35.4 Å². The van der Waals surface area contributed by atoms with Gasteiger partial charge in [0.1, 0.15) is 0 Å². The lowest BCUT2D eigenvalue weighted by molar-refractivity contribution is -0.138. The molecule has 0 aromatic heterocycles. The van der Waals surface area contributed by atoms with E-state index in [2.05, 4.69) is 0 Å². The van der Waals surface area contributed by atoms with Gasteiger partial charge in [-0.1, -0.05) is 18.6 Å². The zero-order chi connectivity index (χ0) is 19.3. The molecule has 2 N–H and O–H groups in total. The van der Waals surface area contributed by atoms with Gasteiger partial charge in [0.25, 0.3) is 0 Å². The molecular weight excluding hydrogens is 379 g/mol. The van der Waals surface area contributed by atoms with Crippen LogP contribution in [0.1, 0.15) is 36.8 Å². The zero-order valence-electron chi connectivity index (χ0n) is 15.8. The van der Waals surface area contributed by atoms with Crippen molar-refractivity contribution in [1.29, 1.82) is 0 Å². The molecule has 0 aliphatic heterocycles. The molecule has 0 heterocycles. The van der Waals surface area contributed by atoms with Gasteiger partial charge in [-0.25, -0.2) is 0 Å². The fraction of sp³-hybridized carbons (Fsp3) is 0.632. The van der Waals surface area contributed by atoms with Gasteiger partial charge < -0.3 is 15.5 Å². The Kier molecular flexibility index (Phi) is 9.05. The van der Waals surface area contributed by atoms with Gasteiger partial charge in [0.15, 0.2) is 0 Å².